The van der Waals surface area contributed by atoms with E-state index >= 15 is 0 Å². The second-order valence-corrected chi connectivity index (χ2v) is 6.52. The number of hydrogen-bond acceptors (Lipinski definition) is 4. The number of carbonyl (C=O) groups excluding carboxylic acids is 1. The van der Waals surface area contributed by atoms with Crippen LogP contribution in [0.2, 0.25) is 0 Å². The number of aryl methyl sites for hydroxylation is 1. The number of fused-ring (bicyclic) bond motifs is 1. The van der Waals surface area contributed by atoms with Gasteiger partial charge in [-0.1, -0.05) is 12.1 Å². The summed E-state index contributed by atoms with van der Waals surface area (Å²) in [6.07, 6.45) is 4.91. The van der Waals surface area contributed by atoms with E-state index < -0.39 is 0 Å². The first-order valence-electron chi connectivity index (χ1n) is 8.57. The number of para-hydroxylation sites is 1. The molecular formula is C18H24N4O2. The van der Waals surface area contributed by atoms with Crippen molar-refractivity contribution in [2.75, 3.05) is 6.54 Å². The quantitative estimate of drug-likeness (QED) is 0.922. The molecule has 0 unspecified atom stereocenters. The summed E-state index contributed by atoms with van der Waals surface area (Å²) in [6, 6.07) is 7.33. The molecule has 6 nitrogen and oxygen atoms in total. The molecule has 1 aliphatic heterocycles. The number of nitrogens with zero attached hydrogens (tertiary/aromatic N) is 3. The van der Waals surface area contributed by atoms with E-state index in [1.165, 1.54) is 10.9 Å². The van der Waals surface area contributed by atoms with Crippen LogP contribution in [0.3, 0.4) is 0 Å². The second kappa shape index (κ2) is 7.13. The standard InChI is InChI=1S/C18H24N4O2/c1-13(19)16-8-4-5-10-22(16)17(23)9-11-21-12-20-15-7-3-2-6-14(15)18(21)24/h2-3,6-7,12-13,16H,4-5,8-11,19H2,1H3/t13-,16-/m0/s1. The molecule has 2 atom stereocenters. The van der Waals surface area contributed by atoms with E-state index in [-0.39, 0.29) is 23.6 Å². The first kappa shape index (κ1) is 16.6. The van der Waals surface area contributed by atoms with Crippen LogP contribution in [0.25, 0.3) is 10.9 Å². The predicted octanol–water partition coefficient (Wildman–Crippen LogP) is 1.51. The largest absolute Gasteiger partial charge is 0.338 e. The first-order chi connectivity index (χ1) is 11.6. The molecule has 0 aliphatic carbocycles. The average molecular weight is 328 g/mol. The molecule has 0 spiro atoms. The van der Waals surface area contributed by atoms with Crippen molar-refractivity contribution >= 4 is 16.8 Å². The van der Waals surface area contributed by atoms with Crippen molar-refractivity contribution in [3.63, 3.8) is 0 Å². The van der Waals surface area contributed by atoms with Gasteiger partial charge in [0.05, 0.1) is 17.2 Å². The van der Waals surface area contributed by atoms with Crippen LogP contribution < -0.4 is 11.3 Å². The van der Waals surface area contributed by atoms with Gasteiger partial charge >= 0.3 is 0 Å². The Morgan fingerprint density at radius 3 is 2.96 bits per heavy atom. The van der Waals surface area contributed by atoms with Crippen LogP contribution in [0, 0.1) is 0 Å². The third-order valence-corrected chi connectivity index (χ3v) is 4.77. The molecule has 3 rings (SSSR count). The monoisotopic (exact) mass is 328 g/mol. The van der Waals surface area contributed by atoms with Crippen LogP contribution in [-0.4, -0.2) is 39.0 Å². The van der Waals surface area contributed by atoms with Gasteiger partial charge in [-0.2, -0.15) is 0 Å². The normalized spacial score (nSPS) is 19.4. The Kier molecular flexibility index (Phi) is 4.94. The maximum absolute atomic E-state index is 12.6. The Morgan fingerprint density at radius 2 is 2.17 bits per heavy atom. The number of amides is 1. The fraction of sp³-hybridized carbons (Fsp3) is 0.500. The Labute approximate surface area is 141 Å². The number of benzene rings is 1. The third kappa shape index (κ3) is 3.33. The first-order valence-corrected chi connectivity index (χ1v) is 8.57. The number of hydrogen-bond donors (Lipinski definition) is 1. The van der Waals surface area contributed by atoms with Gasteiger partial charge in [-0.25, -0.2) is 4.98 Å². The van der Waals surface area contributed by atoms with Crippen molar-refractivity contribution < 1.29 is 4.79 Å². The van der Waals surface area contributed by atoms with E-state index in [9.17, 15) is 9.59 Å². The van der Waals surface area contributed by atoms with Crippen molar-refractivity contribution in [3.8, 4) is 0 Å². The Morgan fingerprint density at radius 1 is 1.38 bits per heavy atom. The van der Waals surface area contributed by atoms with E-state index in [2.05, 4.69) is 4.98 Å². The maximum Gasteiger partial charge on any atom is 0.261 e. The topological polar surface area (TPSA) is 81.2 Å². The Balaban J connectivity index is 1.72. The molecule has 128 valence electrons. The highest BCUT2D eigenvalue weighted by Gasteiger charge is 2.28. The van der Waals surface area contributed by atoms with Crippen LogP contribution in [-0.2, 0) is 11.3 Å². The molecule has 2 N–H and O–H groups in total. The summed E-state index contributed by atoms with van der Waals surface area (Å²) in [5.74, 6) is 0.0667. The molecule has 1 saturated heterocycles. The molecule has 2 heterocycles. The molecule has 0 saturated carbocycles. The van der Waals surface area contributed by atoms with Gasteiger partial charge in [0.1, 0.15) is 0 Å². The summed E-state index contributed by atoms with van der Waals surface area (Å²) >= 11 is 0. The van der Waals surface area contributed by atoms with Crippen molar-refractivity contribution in [1.82, 2.24) is 14.5 Å². The Hall–Kier alpha value is -2.21. The highest BCUT2D eigenvalue weighted by Crippen LogP contribution is 2.20. The van der Waals surface area contributed by atoms with Gasteiger partial charge in [0.15, 0.2) is 0 Å². The van der Waals surface area contributed by atoms with Gasteiger partial charge in [0.2, 0.25) is 5.91 Å². The lowest BCUT2D eigenvalue weighted by Crippen LogP contribution is -2.51. The minimum Gasteiger partial charge on any atom is -0.338 e. The van der Waals surface area contributed by atoms with Gasteiger partial charge in [-0.3, -0.25) is 14.2 Å². The average Bonchev–Trinajstić information content (AvgIpc) is 2.61. The third-order valence-electron chi connectivity index (χ3n) is 4.77. The number of piperidine rings is 1. The molecule has 0 radical (unpaired) electrons. The molecular weight excluding hydrogens is 304 g/mol. The number of nitrogens with two attached hydrogens (primary N) is 1. The van der Waals surface area contributed by atoms with E-state index in [0.717, 1.165) is 25.8 Å². The summed E-state index contributed by atoms with van der Waals surface area (Å²) in [4.78, 5) is 31.3. The van der Waals surface area contributed by atoms with E-state index in [1.54, 1.807) is 6.07 Å². The molecule has 1 aromatic carbocycles. The maximum atomic E-state index is 12.6. The van der Waals surface area contributed by atoms with Crippen molar-refractivity contribution in [1.29, 1.82) is 0 Å². The van der Waals surface area contributed by atoms with Crippen LogP contribution in [0.15, 0.2) is 35.4 Å². The zero-order chi connectivity index (χ0) is 17.1. The number of carbonyl (C=O) groups is 1. The molecule has 1 amide bonds. The molecule has 1 fully saturated rings. The Bertz CT molecular complexity index is 784. The fourth-order valence-electron chi connectivity index (χ4n) is 3.44. The molecule has 24 heavy (non-hydrogen) atoms. The van der Waals surface area contributed by atoms with Gasteiger partial charge in [-0.05, 0) is 38.3 Å². The van der Waals surface area contributed by atoms with Crippen LogP contribution >= 0.6 is 0 Å². The smallest absolute Gasteiger partial charge is 0.261 e. The zero-order valence-corrected chi connectivity index (χ0v) is 14.0. The minimum atomic E-state index is -0.101. The lowest BCUT2D eigenvalue weighted by molar-refractivity contribution is -0.135. The molecule has 1 aliphatic rings. The van der Waals surface area contributed by atoms with Crippen molar-refractivity contribution in [2.24, 2.45) is 5.73 Å². The number of aromatic nitrogens is 2. The van der Waals surface area contributed by atoms with E-state index in [1.807, 2.05) is 30.0 Å². The molecule has 2 aromatic rings. The number of likely N-dealkylation sites (tertiary alicyclic amines) is 1. The van der Waals surface area contributed by atoms with Gasteiger partial charge in [-0.15, -0.1) is 0 Å². The van der Waals surface area contributed by atoms with E-state index in [4.69, 9.17) is 5.73 Å². The summed E-state index contributed by atoms with van der Waals surface area (Å²) < 4.78 is 1.52. The van der Waals surface area contributed by atoms with Gasteiger partial charge in [0.25, 0.3) is 5.56 Å². The summed E-state index contributed by atoms with van der Waals surface area (Å²) in [5.41, 5.74) is 6.61. The van der Waals surface area contributed by atoms with Crippen molar-refractivity contribution in [2.45, 2.75) is 51.2 Å². The van der Waals surface area contributed by atoms with Gasteiger partial charge < -0.3 is 10.6 Å². The fourth-order valence-corrected chi connectivity index (χ4v) is 3.44. The zero-order valence-electron chi connectivity index (χ0n) is 14.0. The summed E-state index contributed by atoms with van der Waals surface area (Å²) in [6.45, 7) is 3.06. The predicted molar refractivity (Wildman–Crippen MR) is 93.6 cm³/mol. The SMILES string of the molecule is C[C@H](N)[C@@H]1CCCCN1C(=O)CCn1cnc2ccccc2c1=O. The molecule has 0 bridgehead atoms. The van der Waals surface area contributed by atoms with E-state index in [0.29, 0.717) is 23.9 Å². The summed E-state index contributed by atoms with van der Waals surface area (Å²) in [5, 5.41) is 0.582. The molecule has 1 aromatic heterocycles. The highest BCUT2D eigenvalue weighted by atomic mass is 16.2. The second-order valence-electron chi connectivity index (χ2n) is 6.52. The lowest BCUT2D eigenvalue weighted by atomic mass is 9.96. The van der Waals surface area contributed by atoms with Crippen LogP contribution in [0.1, 0.15) is 32.6 Å². The van der Waals surface area contributed by atoms with Crippen LogP contribution in [0.4, 0.5) is 0 Å². The minimum absolute atomic E-state index is 0.0284. The number of rotatable bonds is 4. The van der Waals surface area contributed by atoms with Crippen molar-refractivity contribution in [3.05, 3.63) is 40.9 Å². The van der Waals surface area contributed by atoms with Crippen LogP contribution in [0.5, 0.6) is 0 Å². The van der Waals surface area contributed by atoms with Gasteiger partial charge in [0, 0.05) is 31.6 Å². The highest BCUT2D eigenvalue weighted by molar-refractivity contribution is 5.78. The lowest BCUT2D eigenvalue weighted by Gasteiger charge is -2.38. The molecule has 6 heteroatoms. The summed E-state index contributed by atoms with van der Waals surface area (Å²) in [7, 11) is 0.